The van der Waals surface area contributed by atoms with E-state index in [1.165, 1.54) is 25.7 Å². The monoisotopic (exact) mass is 420 g/mol. The quantitative estimate of drug-likeness (QED) is 0.497. The van der Waals surface area contributed by atoms with Crippen LogP contribution in [-0.4, -0.2) is 21.9 Å². The summed E-state index contributed by atoms with van der Waals surface area (Å²) in [4.78, 5) is 21.4. The van der Waals surface area contributed by atoms with Crippen LogP contribution in [0.1, 0.15) is 48.9 Å². The van der Waals surface area contributed by atoms with E-state index in [1.54, 1.807) is 6.20 Å². The SMILES string of the molecule is O=C(NC1CCCCCC1)c1ccc(Nc2nccc(-c3ccc(Cl)cc3)n2)cc1. The Labute approximate surface area is 181 Å². The van der Waals surface area contributed by atoms with Gasteiger partial charge in [0.15, 0.2) is 0 Å². The summed E-state index contributed by atoms with van der Waals surface area (Å²) in [5.74, 6) is 0.493. The number of hydrogen-bond acceptors (Lipinski definition) is 4. The van der Waals surface area contributed by atoms with Crippen LogP contribution in [0.4, 0.5) is 11.6 Å². The number of amides is 1. The van der Waals surface area contributed by atoms with Gasteiger partial charge < -0.3 is 10.6 Å². The second kappa shape index (κ2) is 9.72. The molecule has 1 saturated carbocycles. The van der Waals surface area contributed by atoms with Gasteiger partial charge in [-0.05, 0) is 55.3 Å². The van der Waals surface area contributed by atoms with Crippen molar-refractivity contribution in [3.05, 3.63) is 71.4 Å². The van der Waals surface area contributed by atoms with Gasteiger partial charge in [-0.25, -0.2) is 9.97 Å². The Balaban J connectivity index is 1.40. The van der Waals surface area contributed by atoms with Gasteiger partial charge in [0, 0.05) is 34.1 Å². The minimum Gasteiger partial charge on any atom is -0.349 e. The highest BCUT2D eigenvalue weighted by molar-refractivity contribution is 6.30. The molecule has 154 valence electrons. The van der Waals surface area contributed by atoms with E-state index in [0.717, 1.165) is 29.8 Å². The molecular formula is C24H25ClN4O. The molecule has 0 saturated heterocycles. The molecular weight excluding hydrogens is 396 g/mol. The third-order valence-corrected chi connectivity index (χ3v) is 5.64. The topological polar surface area (TPSA) is 66.9 Å². The van der Waals surface area contributed by atoms with Crippen LogP contribution in [0.15, 0.2) is 60.8 Å². The minimum absolute atomic E-state index is 0.00515. The van der Waals surface area contributed by atoms with Crippen molar-refractivity contribution in [3.8, 4) is 11.3 Å². The molecule has 0 atom stereocenters. The zero-order valence-corrected chi connectivity index (χ0v) is 17.5. The highest BCUT2D eigenvalue weighted by atomic mass is 35.5. The van der Waals surface area contributed by atoms with Crippen LogP contribution in [0.5, 0.6) is 0 Å². The molecule has 5 nitrogen and oxygen atoms in total. The zero-order chi connectivity index (χ0) is 20.8. The Morgan fingerprint density at radius 2 is 1.60 bits per heavy atom. The first kappa shape index (κ1) is 20.4. The van der Waals surface area contributed by atoms with E-state index in [9.17, 15) is 4.79 Å². The third-order valence-electron chi connectivity index (χ3n) is 5.39. The van der Waals surface area contributed by atoms with Crippen molar-refractivity contribution in [2.75, 3.05) is 5.32 Å². The van der Waals surface area contributed by atoms with Crippen LogP contribution in [0.2, 0.25) is 5.02 Å². The second-order valence-corrected chi connectivity index (χ2v) is 8.07. The van der Waals surface area contributed by atoms with E-state index in [-0.39, 0.29) is 5.91 Å². The fourth-order valence-electron chi connectivity index (χ4n) is 3.73. The third kappa shape index (κ3) is 5.36. The molecule has 3 aromatic rings. The number of carbonyl (C=O) groups excluding carboxylic acids is 1. The van der Waals surface area contributed by atoms with Gasteiger partial charge in [0.25, 0.3) is 5.91 Å². The van der Waals surface area contributed by atoms with E-state index in [2.05, 4.69) is 20.6 Å². The van der Waals surface area contributed by atoms with Crippen molar-refractivity contribution in [1.82, 2.24) is 15.3 Å². The van der Waals surface area contributed by atoms with Gasteiger partial charge in [0.1, 0.15) is 0 Å². The number of nitrogens with one attached hydrogen (secondary N) is 2. The standard InChI is InChI=1S/C24H25ClN4O/c25-19-11-7-17(8-12-19)22-15-16-26-24(29-22)28-21-13-9-18(10-14-21)23(30)27-20-5-3-1-2-4-6-20/h7-16,20H,1-6H2,(H,27,30)(H,26,28,29). The number of hydrogen-bond donors (Lipinski definition) is 2. The largest absolute Gasteiger partial charge is 0.349 e. The van der Waals surface area contributed by atoms with E-state index < -0.39 is 0 Å². The van der Waals surface area contributed by atoms with Crippen LogP contribution in [0, 0.1) is 0 Å². The fraction of sp³-hybridized carbons (Fsp3) is 0.292. The molecule has 0 bridgehead atoms. The molecule has 0 aliphatic heterocycles. The summed E-state index contributed by atoms with van der Waals surface area (Å²) >= 11 is 5.96. The summed E-state index contributed by atoms with van der Waals surface area (Å²) in [7, 11) is 0. The Kier molecular flexibility index (Phi) is 6.60. The average Bonchev–Trinajstić information content (AvgIpc) is 3.04. The summed E-state index contributed by atoms with van der Waals surface area (Å²) in [6.07, 6.45) is 8.81. The van der Waals surface area contributed by atoms with E-state index >= 15 is 0 Å². The van der Waals surface area contributed by atoms with Crippen molar-refractivity contribution < 1.29 is 4.79 Å². The van der Waals surface area contributed by atoms with Gasteiger partial charge in [-0.1, -0.05) is 49.4 Å². The predicted octanol–water partition coefficient (Wildman–Crippen LogP) is 5.99. The predicted molar refractivity (Wildman–Crippen MR) is 121 cm³/mol. The molecule has 2 aromatic carbocycles. The molecule has 1 amide bonds. The molecule has 30 heavy (non-hydrogen) atoms. The maximum absolute atomic E-state index is 12.6. The summed E-state index contributed by atoms with van der Waals surface area (Å²) in [6.45, 7) is 0. The first-order valence-corrected chi connectivity index (χ1v) is 10.8. The summed E-state index contributed by atoms with van der Waals surface area (Å²) in [6, 6.07) is 17.1. The van der Waals surface area contributed by atoms with Crippen molar-refractivity contribution >= 4 is 29.1 Å². The van der Waals surface area contributed by atoms with Crippen molar-refractivity contribution in [3.63, 3.8) is 0 Å². The molecule has 0 spiro atoms. The van der Waals surface area contributed by atoms with E-state index in [1.807, 2.05) is 54.6 Å². The maximum Gasteiger partial charge on any atom is 0.251 e. The van der Waals surface area contributed by atoms with Crippen LogP contribution < -0.4 is 10.6 Å². The van der Waals surface area contributed by atoms with Crippen molar-refractivity contribution in [2.45, 2.75) is 44.6 Å². The van der Waals surface area contributed by atoms with Gasteiger partial charge >= 0.3 is 0 Å². The van der Waals surface area contributed by atoms with E-state index in [4.69, 9.17) is 11.6 Å². The first-order valence-electron chi connectivity index (χ1n) is 10.4. The van der Waals surface area contributed by atoms with Gasteiger partial charge in [0.2, 0.25) is 5.95 Å². The lowest BCUT2D eigenvalue weighted by Gasteiger charge is -2.16. The second-order valence-electron chi connectivity index (χ2n) is 7.64. The number of anilines is 2. The maximum atomic E-state index is 12.6. The highest BCUT2D eigenvalue weighted by Gasteiger charge is 2.15. The Morgan fingerprint density at radius 1 is 0.900 bits per heavy atom. The number of carbonyl (C=O) groups is 1. The van der Waals surface area contributed by atoms with Crippen LogP contribution in [0.3, 0.4) is 0 Å². The number of aromatic nitrogens is 2. The number of rotatable bonds is 5. The van der Waals surface area contributed by atoms with Gasteiger partial charge in [-0.2, -0.15) is 0 Å². The van der Waals surface area contributed by atoms with Gasteiger partial charge in [-0.3, -0.25) is 4.79 Å². The van der Waals surface area contributed by atoms with Crippen LogP contribution in [0.25, 0.3) is 11.3 Å². The first-order chi connectivity index (χ1) is 14.7. The molecule has 1 heterocycles. The molecule has 4 rings (SSSR count). The van der Waals surface area contributed by atoms with Crippen LogP contribution >= 0.6 is 11.6 Å². The molecule has 0 unspecified atom stereocenters. The molecule has 0 radical (unpaired) electrons. The molecule has 1 aliphatic rings. The van der Waals surface area contributed by atoms with Crippen molar-refractivity contribution in [2.24, 2.45) is 0 Å². The molecule has 1 aliphatic carbocycles. The van der Waals surface area contributed by atoms with Gasteiger partial charge in [0.05, 0.1) is 5.69 Å². The molecule has 1 fully saturated rings. The summed E-state index contributed by atoms with van der Waals surface area (Å²) < 4.78 is 0. The minimum atomic E-state index is -0.00515. The lowest BCUT2D eigenvalue weighted by atomic mass is 10.1. The molecule has 2 N–H and O–H groups in total. The number of halogens is 1. The Morgan fingerprint density at radius 3 is 2.30 bits per heavy atom. The number of nitrogens with zero attached hydrogens (tertiary/aromatic N) is 2. The summed E-state index contributed by atoms with van der Waals surface area (Å²) in [5.41, 5.74) is 3.27. The smallest absolute Gasteiger partial charge is 0.251 e. The number of benzene rings is 2. The van der Waals surface area contributed by atoms with Gasteiger partial charge in [-0.15, -0.1) is 0 Å². The molecule has 1 aromatic heterocycles. The van der Waals surface area contributed by atoms with E-state index in [0.29, 0.717) is 22.6 Å². The highest BCUT2D eigenvalue weighted by Crippen LogP contribution is 2.22. The fourth-order valence-corrected chi connectivity index (χ4v) is 3.85. The zero-order valence-electron chi connectivity index (χ0n) is 16.8. The Bertz CT molecular complexity index is 981. The average molecular weight is 421 g/mol. The Hall–Kier alpha value is -2.92. The lowest BCUT2D eigenvalue weighted by molar-refractivity contribution is 0.0933. The lowest BCUT2D eigenvalue weighted by Crippen LogP contribution is -2.34. The summed E-state index contributed by atoms with van der Waals surface area (Å²) in [5, 5.41) is 7.07. The molecule has 6 heteroatoms. The van der Waals surface area contributed by atoms with Crippen LogP contribution in [-0.2, 0) is 0 Å². The normalized spacial score (nSPS) is 14.7. The van der Waals surface area contributed by atoms with Crippen molar-refractivity contribution in [1.29, 1.82) is 0 Å².